The molecule has 8 heteroatoms. The van der Waals surface area contributed by atoms with Gasteiger partial charge in [-0.2, -0.15) is 5.26 Å². The predicted molar refractivity (Wildman–Crippen MR) is 152 cm³/mol. The molecule has 0 atom stereocenters. The van der Waals surface area contributed by atoms with Gasteiger partial charge in [0.1, 0.15) is 18.2 Å². The van der Waals surface area contributed by atoms with Crippen LogP contribution in [-0.4, -0.2) is 24.0 Å². The molecule has 0 aliphatic rings. The van der Waals surface area contributed by atoms with Gasteiger partial charge >= 0.3 is 0 Å². The van der Waals surface area contributed by atoms with Crippen LogP contribution in [0.25, 0.3) is 17.0 Å². The van der Waals surface area contributed by atoms with E-state index in [1.165, 1.54) is 0 Å². The molecule has 4 aromatic rings. The zero-order chi connectivity index (χ0) is 26.2. The van der Waals surface area contributed by atoms with Crippen molar-refractivity contribution in [1.82, 2.24) is 10.3 Å². The van der Waals surface area contributed by atoms with Gasteiger partial charge in [0.05, 0.1) is 11.1 Å². The predicted octanol–water partition coefficient (Wildman–Crippen LogP) is 6.94. The number of hydrogen-bond acceptors (Lipinski definition) is 4. The quantitative estimate of drug-likeness (QED) is 0.148. The average Bonchev–Trinajstić information content (AvgIpc) is 3.31. The number of rotatable bonds is 10. The maximum absolute atomic E-state index is 12.7. The Labute approximate surface area is 232 Å². The molecule has 0 aliphatic carbocycles. The van der Waals surface area contributed by atoms with Crippen molar-refractivity contribution in [3.05, 3.63) is 98.1 Å². The number of hydrogen-bond donors (Lipinski definition) is 2. The molecular formula is C29H25Br2N3O3. The first-order valence-corrected chi connectivity index (χ1v) is 13.4. The first-order chi connectivity index (χ1) is 18.0. The van der Waals surface area contributed by atoms with Crippen LogP contribution < -0.4 is 14.8 Å². The lowest BCUT2D eigenvalue weighted by Gasteiger charge is -2.15. The van der Waals surface area contributed by atoms with Crippen LogP contribution in [-0.2, 0) is 17.8 Å². The van der Waals surface area contributed by atoms with Crippen molar-refractivity contribution in [3.8, 4) is 17.6 Å². The van der Waals surface area contributed by atoms with Crippen LogP contribution in [0.15, 0.2) is 81.4 Å². The minimum atomic E-state index is -0.424. The number of fused-ring (bicyclic) bond motifs is 1. The second-order valence-electron chi connectivity index (χ2n) is 8.21. The van der Waals surface area contributed by atoms with Crippen LogP contribution in [0.2, 0.25) is 0 Å². The molecule has 0 aliphatic heterocycles. The lowest BCUT2D eigenvalue weighted by molar-refractivity contribution is -0.117. The Morgan fingerprint density at radius 3 is 2.65 bits per heavy atom. The Morgan fingerprint density at radius 1 is 1.11 bits per heavy atom. The van der Waals surface area contributed by atoms with Crippen molar-refractivity contribution in [2.45, 2.75) is 20.0 Å². The van der Waals surface area contributed by atoms with E-state index in [1.807, 2.05) is 67.7 Å². The second kappa shape index (κ2) is 12.6. The van der Waals surface area contributed by atoms with Gasteiger partial charge in [-0.3, -0.25) is 4.79 Å². The second-order valence-corrected chi connectivity index (χ2v) is 9.98. The molecule has 6 nitrogen and oxygen atoms in total. The SMILES string of the molecule is CCOc1cc(/C=C(/C#N)C(=O)NCCc2c[nH]c3ccccc23)cc(Br)c1OCc1ccc(Br)cc1. The summed E-state index contributed by atoms with van der Waals surface area (Å²) >= 11 is 6.99. The summed E-state index contributed by atoms with van der Waals surface area (Å²) in [7, 11) is 0. The number of carbonyl (C=O) groups is 1. The summed E-state index contributed by atoms with van der Waals surface area (Å²) < 4.78 is 13.5. The van der Waals surface area contributed by atoms with Gasteiger partial charge in [-0.25, -0.2) is 0 Å². The molecule has 1 amide bonds. The summed E-state index contributed by atoms with van der Waals surface area (Å²) in [6.07, 6.45) is 4.15. The number of benzene rings is 3. The Kier molecular flexibility index (Phi) is 9.04. The van der Waals surface area contributed by atoms with E-state index in [9.17, 15) is 10.1 Å². The van der Waals surface area contributed by atoms with E-state index >= 15 is 0 Å². The molecule has 37 heavy (non-hydrogen) atoms. The number of amides is 1. The van der Waals surface area contributed by atoms with Gasteiger partial charge in [0, 0.05) is 28.1 Å². The molecule has 1 aromatic heterocycles. The van der Waals surface area contributed by atoms with Gasteiger partial charge in [0.25, 0.3) is 5.91 Å². The first kappa shape index (κ1) is 26.5. The lowest BCUT2D eigenvalue weighted by atomic mass is 10.1. The van der Waals surface area contributed by atoms with E-state index in [1.54, 1.807) is 18.2 Å². The van der Waals surface area contributed by atoms with E-state index in [0.717, 1.165) is 26.5 Å². The van der Waals surface area contributed by atoms with Crippen LogP contribution >= 0.6 is 31.9 Å². The lowest BCUT2D eigenvalue weighted by Crippen LogP contribution is -2.26. The van der Waals surface area contributed by atoms with Gasteiger partial charge in [-0.1, -0.05) is 46.3 Å². The molecule has 4 rings (SSSR count). The maximum Gasteiger partial charge on any atom is 0.261 e. The number of nitriles is 1. The molecule has 0 radical (unpaired) electrons. The number of aromatic amines is 1. The highest BCUT2D eigenvalue weighted by Gasteiger charge is 2.15. The van der Waals surface area contributed by atoms with Crippen molar-refractivity contribution in [2.75, 3.05) is 13.2 Å². The van der Waals surface area contributed by atoms with E-state index in [-0.39, 0.29) is 5.57 Å². The molecule has 3 aromatic carbocycles. The number of aromatic nitrogens is 1. The van der Waals surface area contributed by atoms with Crippen molar-refractivity contribution < 1.29 is 14.3 Å². The number of halogens is 2. The van der Waals surface area contributed by atoms with Gasteiger partial charge in [-0.05, 0) is 82.4 Å². The topological polar surface area (TPSA) is 87.1 Å². The average molecular weight is 623 g/mol. The Balaban J connectivity index is 1.45. The number of para-hydroxylation sites is 1. The molecule has 0 saturated carbocycles. The van der Waals surface area contributed by atoms with Gasteiger partial charge in [0.15, 0.2) is 11.5 Å². The van der Waals surface area contributed by atoms with Crippen molar-refractivity contribution >= 4 is 54.7 Å². The third kappa shape index (κ3) is 6.82. The summed E-state index contributed by atoms with van der Waals surface area (Å²) in [5, 5.41) is 13.6. The van der Waals surface area contributed by atoms with E-state index in [0.29, 0.717) is 47.7 Å². The van der Waals surface area contributed by atoms with Gasteiger partial charge < -0.3 is 19.8 Å². The highest BCUT2D eigenvalue weighted by molar-refractivity contribution is 9.10. The van der Waals surface area contributed by atoms with Crippen LogP contribution in [0.3, 0.4) is 0 Å². The molecule has 0 spiro atoms. The highest BCUT2D eigenvalue weighted by atomic mass is 79.9. The molecule has 1 heterocycles. The first-order valence-electron chi connectivity index (χ1n) is 11.8. The largest absolute Gasteiger partial charge is 0.490 e. The summed E-state index contributed by atoms with van der Waals surface area (Å²) in [5.74, 6) is 0.660. The van der Waals surface area contributed by atoms with Crippen molar-refractivity contribution in [2.24, 2.45) is 0 Å². The number of H-pyrrole nitrogens is 1. The zero-order valence-electron chi connectivity index (χ0n) is 20.2. The number of ether oxygens (including phenoxy) is 2. The van der Waals surface area contributed by atoms with E-state index in [2.05, 4.69) is 42.2 Å². The Morgan fingerprint density at radius 2 is 1.89 bits per heavy atom. The number of nitrogens with one attached hydrogen (secondary N) is 2. The van der Waals surface area contributed by atoms with E-state index < -0.39 is 5.91 Å². The Hall–Kier alpha value is -3.54. The molecule has 0 bridgehead atoms. The maximum atomic E-state index is 12.7. The van der Waals surface area contributed by atoms with Crippen molar-refractivity contribution in [3.63, 3.8) is 0 Å². The minimum Gasteiger partial charge on any atom is -0.490 e. The summed E-state index contributed by atoms with van der Waals surface area (Å²) in [6, 6.07) is 21.5. The molecular weight excluding hydrogens is 598 g/mol. The highest BCUT2D eigenvalue weighted by Crippen LogP contribution is 2.38. The molecule has 188 valence electrons. The minimum absolute atomic E-state index is 0.0109. The normalized spacial score (nSPS) is 11.2. The number of carbonyl (C=O) groups excluding carboxylic acids is 1. The fraction of sp³-hybridized carbons (Fsp3) is 0.172. The van der Waals surface area contributed by atoms with Crippen molar-refractivity contribution in [1.29, 1.82) is 5.26 Å². The van der Waals surface area contributed by atoms with E-state index in [4.69, 9.17) is 9.47 Å². The summed E-state index contributed by atoms with van der Waals surface area (Å²) in [4.78, 5) is 16.0. The summed E-state index contributed by atoms with van der Waals surface area (Å²) in [6.45, 7) is 3.10. The fourth-order valence-corrected chi connectivity index (χ4v) is 4.71. The van der Waals surface area contributed by atoms with Gasteiger partial charge in [-0.15, -0.1) is 0 Å². The third-order valence-electron chi connectivity index (χ3n) is 5.66. The smallest absolute Gasteiger partial charge is 0.261 e. The van der Waals surface area contributed by atoms with Crippen LogP contribution in [0, 0.1) is 11.3 Å². The molecule has 2 N–H and O–H groups in total. The summed E-state index contributed by atoms with van der Waals surface area (Å²) in [5.41, 5.74) is 3.84. The Bertz CT molecular complexity index is 1470. The standard InChI is InChI=1S/C29H25Br2N3O3/c1-2-36-27-15-20(14-25(31)28(27)37-18-19-7-9-23(30)10-8-19)13-22(16-32)29(35)33-12-11-21-17-34-26-6-4-3-5-24(21)26/h3-10,13-15,17,34H,2,11-12,18H2,1H3,(H,33,35)/b22-13-. The zero-order valence-corrected chi connectivity index (χ0v) is 23.4. The monoisotopic (exact) mass is 621 g/mol. The molecule has 0 unspecified atom stereocenters. The number of nitrogens with zero attached hydrogens (tertiary/aromatic N) is 1. The fourth-order valence-electron chi connectivity index (χ4n) is 3.87. The van der Waals surface area contributed by atoms with Crippen LogP contribution in [0.1, 0.15) is 23.6 Å². The molecule has 0 fully saturated rings. The van der Waals surface area contributed by atoms with Crippen LogP contribution in [0.5, 0.6) is 11.5 Å². The third-order valence-corrected chi connectivity index (χ3v) is 6.78. The molecule has 0 saturated heterocycles. The van der Waals surface area contributed by atoms with Crippen LogP contribution in [0.4, 0.5) is 0 Å². The van der Waals surface area contributed by atoms with Gasteiger partial charge in [0.2, 0.25) is 0 Å².